The van der Waals surface area contributed by atoms with Crippen LogP contribution >= 0.6 is 39.9 Å². The zero-order valence-corrected chi connectivity index (χ0v) is 16.8. The molecule has 1 heterocycles. The monoisotopic (exact) mass is 496 g/mol. The molecule has 23 heavy (non-hydrogen) atoms. The second-order valence-electron chi connectivity index (χ2n) is 4.58. The Bertz CT molecular complexity index is 660. The Labute approximate surface area is 160 Å². The summed E-state index contributed by atoms with van der Waals surface area (Å²) in [5.74, 6) is 1.13. The molecule has 0 aliphatic rings. The number of halogens is 3. The normalized spacial score (nSPS) is 11.0. The van der Waals surface area contributed by atoms with Crippen LogP contribution in [0.3, 0.4) is 0 Å². The maximum atomic E-state index is 13.7. The predicted molar refractivity (Wildman–Crippen MR) is 102 cm³/mol. The number of aromatic nitrogens is 3. The quantitative estimate of drug-likeness (QED) is 0.379. The lowest BCUT2D eigenvalue weighted by molar-refractivity contribution is 0.609. The Hall–Kier alpha value is -1.23. The highest BCUT2D eigenvalue weighted by molar-refractivity contribution is 14.0. The Kier molecular flexibility index (Phi) is 8.45. The van der Waals surface area contributed by atoms with E-state index < -0.39 is 0 Å². The van der Waals surface area contributed by atoms with E-state index in [1.165, 1.54) is 12.4 Å². The molecule has 2 aromatic rings. The average molecular weight is 497 g/mol. The van der Waals surface area contributed by atoms with Gasteiger partial charge in [-0.2, -0.15) is 5.10 Å². The molecule has 0 bridgehead atoms. The Balaban J connectivity index is 0.00000264. The Morgan fingerprint density at radius 1 is 1.39 bits per heavy atom. The van der Waals surface area contributed by atoms with Crippen LogP contribution in [0.15, 0.2) is 34.0 Å². The number of guanidine groups is 1. The van der Waals surface area contributed by atoms with Crippen molar-refractivity contribution in [2.75, 3.05) is 6.54 Å². The van der Waals surface area contributed by atoms with Crippen LogP contribution in [0.2, 0.25) is 0 Å². The van der Waals surface area contributed by atoms with E-state index in [2.05, 4.69) is 41.6 Å². The van der Waals surface area contributed by atoms with Gasteiger partial charge < -0.3 is 10.6 Å². The van der Waals surface area contributed by atoms with Crippen LogP contribution in [-0.2, 0) is 20.1 Å². The largest absolute Gasteiger partial charge is 0.357 e. The van der Waals surface area contributed by atoms with Crippen LogP contribution in [0, 0.1) is 5.82 Å². The number of hydrogen-bond donors (Lipinski definition) is 2. The molecule has 2 rings (SSSR count). The zero-order chi connectivity index (χ0) is 15.9. The first kappa shape index (κ1) is 19.8. The number of nitrogens with one attached hydrogen (secondary N) is 2. The molecule has 1 aromatic carbocycles. The summed E-state index contributed by atoms with van der Waals surface area (Å²) in [6.45, 7) is 3.42. The maximum Gasteiger partial charge on any atom is 0.191 e. The number of nitrogens with zero attached hydrogens (tertiary/aromatic N) is 4. The van der Waals surface area contributed by atoms with E-state index in [0.717, 1.165) is 10.3 Å². The van der Waals surface area contributed by atoms with Gasteiger partial charge in [0.05, 0.1) is 13.1 Å². The van der Waals surface area contributed by atoms with Crippen molar-refractivity contribution in [2.45, 2.75) is 20.0 Å². The summed E-state index contributed by atoms with van der Waals surface area (Å²) in [5, 5.41) is 10.3. The molecule has 0 aliphatic carbocycles. The van der Waals surface area contributed by atoms with Gasteiger partial charge in [0.1, 0.15) is 18.0 Å². The van der Waals surface area contributed by atoms with Gasteiger partial charge in [0, 0.05) is 23.6 Å². The van der Waals surface area contributed by atoms with E-state index in [-0.39, 0.29) is 36.3 Å². The molecule has 0 fully saturated rings. The highest BCUT2D eigenvalue weighted by Gasteiger charge is 2.05. The van der Waals surface area contributed by atoms with Crippen LogP contribution in [-0.4, -0.2) is 27.3 Å². The van der Waals surface area contributed by atoms with Crippen molar-refractivity contribution in [3.63, 3.8) is 0 Å². The van der Waals surface area contributed by atoms with E-state index >= 15 is 0 Å². The van der Waals surface area contributed by atoms with Crippen LogP contribution in [0.5, 0.6) is 0 Å². The second kappa shape index (κ2) is 9.81. The third kappa shape index (κ3) is 6.05. The molecule has 0 spiro atoms. The molecule has 0 aliphatic heterocycles. The Morgan fingerprint density at radius 3 is 2.83 bits per heavy atom. The molecule has 126 valence electrons. The molecule has 1 aromatic heterocycles. The summed E-state index contributed by atoms with van der Waals surface area (Å²) < 4.78 is 16.2. The molecule has 0 unspecified atom stereocenters. The summed E-state index contributed by atoms with van der Waals surface area (Å²) in [6.07, 6.45) is 1.50. The average Bonchev–Trinajstić information content (AvgIpc) is 2.90. The minimum Gasteiger partial charge on any atom is -0.357 e. The Morgan fingerprint density at radius 2 is 2.17 bits per heavy atom. The minimum absolute atomic E-state index is 0. The van der Waals surface area contributed by atoms with Gasteiger partial charge in [-0.25, -0.2) is 14.4 Å². The molecule has 9 heteroatoms. The van der Waals surface area contributed by atoms with Gasteiger partial charge in [-0.15, -0.1) is 24.0 Å². The molecule has 0 amide bonds. The fourth-order valence-corrected chi connectivity index (χ4v) is 2.22. The van der Waals surface area contributed by atoms with Gasteiger partial charge in [-0.3, -0.25) is 4.68 Å². The molecule has 6 nitrogen and oxygen atoms in total. The van der Waals surface area contributed by atoms with Gasteiger partial charge in [-0.1, -0.05) is 15.9 Å². The lowest BCUT2D eigenvalue weighted by Gasteiger charge is -2.11. The van der Waals surface area contributed by atoms with E-state index in [1.54, 1.807) is 16.8 Å². The van der Waals surface area contributed by atoms with Gasteiger partial charge >= 0.3 is 0 Å². The number of rotatable bonds is 5. The summed E-state index contributed by atoms with van der Waals surface area (Å²) >= 11 is 3.33. The van der Waals surface area contributed by atoms with Gasteiger partial charge in [-0.05, 0) is 25.1 Å². The smallest absolute Gasteiger partial charge is 0.191 e. The van der Waals surface area contributed by atoms with Crippen molar-refractivity contribution in [3.8, 4) is 0 Å². The van der Waals surface area contributed by atoms with Crippen LogP contribution in [0.25, 0.3) is 0 Å². The van der Waals surface area contributed by atoms with E-state index in [4.69, 9.17) is 0 Å². The standard InChI is InChI=1S/C14H18BrFN6.HI/c1-3-17-14(19-8-13-20-9-21-22(13)2)18-7-10-6-11(15)4-5-12(10)16;/h4-6,9H,3,7-8H2,1-2H3,(H2,17,18,19);1H. The van der Waals surface area contributed by atoms with E-state index in [9.17, 15) is 4.39 Å². The number of benzene rings is 1. The van der Waals surface area contributed by atoms with E-state index in [0.29, 0.717) is 24.6 Å². The molecular weight excluding hydrogens is 478 g/mol. The summed E-state index contributed by atoms with van der Waals surface area (Å²) in [7, 11) is 1.82. The third-order valence-electron chi connectivity index (χ3n) is 2.98. The summed E-state index contributed by atoms with van der Waals surface area (Å²) in [6, 6.07) is 4.82. The lowest BCUT2D eigenvalue weighted by Crippen LogP contribution is -2.37. The van der Waals surface area contributed by atoms with Crippen LogP contribution < -0.4 is 10.6 Å². The summed E-state index contributed by atoms with van der Waals surface area (Å²) in [4.78, 5) is 8.52. The third-order valence-corrected chi connectivity index (χ3v) is 3.47. The zero-order valence-electron chi connectivity index (χ0n) is 12.9. The van der Waals surface area contributed by atoms with Crippen molar-refractivity contribution in [1.82, 2.24) is 25.4 Å². The molecular formula is C14H19BrFIN6. The number of aliphatic imine (C=N–C) groups is 1. The molecule has 0 radical (unpaired) electrons. The van der Waals surface area contributed by atoms with Crippen molar-refractivity contribution in [2.24, 2.45) is 12.0 Å². The number of hydrogen-bond acceptors (Lipinski definition) is 3. The minimum atomic E-state index is -0.268. The van der Waals surface area contributed by atoms with Gasteiger partial charge in [0.2, 0.25) is 0 Å². The first-order chi connectivity index (χ1) is 10.6. The topological polar surface area (TPSA) is 67.1 Å². The van der Waals surface area contributed by atoms with Gasteiger partial charge in [0.25, 0.3) is 0 Å². The highest BCUT2D eigenvalue weighted by Crippen LogP contribution is 2.16. The van der Waals surface area contributed by atoms with Crippen LogP contribution in [0.1, 0.15) is 18.3 Å². The van der Waals surface area contributed by atoms with E-state index in [1.807, 2.05) is 14.0 Å². The van der Waals surface area contributed by atoms with Crippen molar-refractivity contribution >= 4 is 45.9 Å². The maximum absolute atomic E-state index is 13.7. The molecule has 0 atom stereocenters. The highest BCUT2D eigenvalue weighted by atomic mass is 127. The molecule has 0 saturated heterocycles. The summed E-state index contributed by atoms with van der Waals surface area (Å²) in [5.41, 5.74) is 0.533. The number of aryl methyl sites for hydroxylation is 1. The predicted octanol–water partition coefficient (Wildman–Crippen LogP) is 2.59. The SMILES string of the molecule is CCNC(=NCc1cc(Br)ccc1F)NCc1ncnn1C.I. The lowest BCUT2D eigenvalue weighted by atomic mass is 10.2. The van der Waals surface area contributed by atoms with Gasteiger partial charge in [0.15, 0.2) is 5.96 Å². The van der Waals surface area contributed by atoms with Crippen molar-refractivity contribution < 1.29 is 4.39 Å². The first-order valence-electron chi connectivity index (χ1n) is 6.89. The fraction of sp³-hybridized carbons (Fsp3) is 0.357. The fourth-order valence-electron chi connectivity index (χ4n) is 1.81. The van der Waals surface area contributed by atoms with Crippen LogP contribution in [0.4, 0.5) is 4.39 Å². The molecule has 2 N–H and O–H groups in total. The first-order valence-corrected chi connectivity index (χ1v) is 7.68. The van der Waals surface area contributed by atoms with Crippen molar-refractivity contribution in [1.29, 1.82) is 0 Å². The molecule has 0 saturated carbocycles. The van der Waals surface area contributed by atoms with Crippen molar-refractivity contribution in [3.05, 3.63) is 46.2 Å². The second-order valence-corrected chi connectivity index (χ2v) is 5.50.